The van der Waals surface area contributed by atoms with Crippen LogP contribution in [0.15, 0.2) is 0 Å². The van der Waals surface area contributed by atoms with Crippen LogP contribution in [0.2, 0.25) is 0 Å². The van der Waals surface area contributed by atoms with Crippen molar-refractivity contribution in [3.8, 4) is 0 Å². The second kappa shape index (κ2) is 7.05. The van der Waals surface area contributed by atoms with Gasteiger partial charge in [0, 0.05) is 13.1 Å². The molecular weight excluding hydrogens is 336 g/mol. The third-order valence-corrected chi connectivity index (χ3v) is 5.68. The van der Waals surface area contributed by atoms with Crippen LogP contribution in [0.5, 0.6) is 0 Å². The molecule has 1 N–H and O–H groups in total. The maximum absolute atomic E-state index is 14.9. The molecule has 146 valence electrons. The molecule has 1 heterocycles. The van der Waals surface area contributed by atoms with Gasteiger partial charge in [-0.3, -0.25) is 4.79 Å². The Morgan fingerprint density at radius 2 is 1.64 bits per heavy atom. The molecule has 25 heavy (non-hydrogen) atoms. The predicted molar refractivity (Wildman–Crippen MR) is 88.9 cm³/mol. The van der Waals surface area contributed by atoms with Gasteiger partial charge < -0.3 is 10.2 Å². The lowest BCUT2D eigenvalue weighted by atomic mass is 9.67. The summed E-state index contributed by atoms with van der Waals surface area (Å²) in [4.78, 5) is 14.2. The Balaban J connectivity index is 1.81. The molecule has 0 aromatic carbocycles. The van der Waals surface area contributed by atoms with Gasteiger partial charge in [0.2, 0.25) is 5.91 Å². The number of hydrogen-bond donors (Lipinski definition) is 1. The summed E-state index contributed by atoms with van der Waals surface area (Å²) in [6.07, 6.45) is -3.06. The van der Waals surface area contributed by atoms with E-state index in [0.717, 1.165) is 13.0 Å². The van der Waals surface area contributed by atoms with Crippen LogP contribution in [0, 0.1) is 10.8 Å². The number of hydrogen-bond acceptors (Lipinski definition) is 2. The first kappa shape index (κ1) is 20.5. The predicted octanol–water partition coefficient (Wildman–Crippen LogP) is 4.08. The number of nitrogens with zero attached hydrogens (tertiary/aromatic N) is 1. The molecule has 0 bridgehead atoms. The summed E-state index contributed by atoms with van der Waals surface area (Å²) >= 11 is 0. The maximum atomic E-state index is 14.9. The second-order valence-corrected chi connectivity index (χ2v) is 8.92. The van der Waals surface area contributed by atoms with Gasteiger partial charge in [-0.05, 0) is 44.1 Å². The van der Waals surface area contributed by atoms with Crippen molar-refractivity contribution in [1.82, 2.24) is 10.2 Å². The van der Waals surface area contributed by atoms with E-state index >= 15 is 0 Å². The van der Waals surface area contributed by atoms with Crippen LogP contribution in [0.4, 0.5) is 17.6 Å². The van der Waals surface area contributed by atoms with Crippen molar-refractivity contribution in [2.75, 3.05) is 26.2 Å². The molecule has 2 aliphatic rings. The fourth-order valence-electron chi connectivity index (χ4n) is 3.43. The number of halogens is 4. The SMILES string of the molecule is CC(C)(C)CCN1CCC(F)(CNC(=O)C2(C(F)(F)F)CCC2)CC1. The van der Waals surface area contributed by atoms with Crippen molar-refractivity contribution < 1.29 is 22.4 Å². The molecule has 1 saturated heterocycles. The molecule has 3 nitrogen and oxygen atoms in total. The van der Waals surface area contributed by atoms with Crippen LogP contribution >= 0.6 is 0 Å². The number of carbonyl (C=O) groups excluding carboxylic acids is 1. The third kappa shape index (κ3) is 4.86. The molecule has 0 aromatic heterocycles. The molecule has 1 saturated carbocycles. The minimum Gasteiger partial charge on any atom is -0.352 e. The van der Waals surface area contributed by atoms with Crippen molar-refractivity contribution in [1.29, 1.82) is 0 Å². The van der Waals surface area contributed by atoms with Crippen LogP contribution in [0.3, 0.4) is 0 Å². The number of alkyl halides is 4. The highest BCUT2D eigenvalue weighted by atomic mass is 19.4. The second-order valence-electron chi connectivity index (χ2n) is 8.92. The maximum Gasteiger partial charge on any atom is 0.403 e. The fraction of sp³-hybridized carbons (Fsp3) is 0.944. The minimum atomic E-state index is -4.56. The largest absolute Gasteiger partial charge is 0.403 e. The molecule has 0 unspecified atom stereocenters. The Kier molecular flexibility index (Phi) is 5.77. The van der Waals surface area contributed by atoms with Crippen molar-refractivity contribution in [2.45, 2.75) is 71.1 Å². The molecule has 0 radical (unpaired) electrons. The van der Waals surface area contributed by atoms with Crippen LogP contribution in [-0.2, 0) is 4.79 Å². The van der Waals surface area contributed by atoms with Crippen molar-refractivity contribution >= 4 is 5.91 Å². The molecule has 2 rings (SSSR count). The average molecular weight is 366 g/mol. The molecule has 0 aromatic rings. The van der Waals surface area contributed by atoms with E-state index in [0.29, 0.717) is 19.5 Å². The number of carbonyl (C=O) groups is 1. The highest BCUT2D eigenvalue weighted by molar-refractivity contribution is 5.84. The minimum absolute atomic E-state index is 0.192. The third-order valence-electron chi connectivity index (χ3n) is 5.68. The summed E-state index contributed by atoms with van der Waals surface area (Å²) in [5, 5.41) is 2.26. The van der Waals surface area contributed by atoms with Crippen molar-refractivity contribution in [2.24, 2.45) is 10.8 Å². The van der Waals surface area contributed by atoms with E-state index in [9.17, 15) is 22.4 Å². The Labute approximate surface area is 147 Å². The Morgan fingerprint density at radius 1 is 1.08 bits per heavy atom. The van der Waals surface area contributed by atoms with Gasteiger partial charge in [0.15, 0.2) is 0 Å². The number of likely N-dealkylation sites (tertiary alicyclic amines) is 1. The molecule has 1 aliphatic carbocycles. The lowest BCUT2D eigenvalue weighted by molar-refractivity contribution is -0.243. The fourth-order valence-corrected chi connectivity index (χ4v) is 3.43. The van der Waals surface area contributed by atoms with E-state index in [1.165, 1.54) is 0 Å². The van der Waals surface area contributed by atoms with E-state index in [2.05, 4.69) is 31.0 Å². The Hall–Kier alpha value is -0.850. The molecule has 7 heteroatoms. The van der Waals surface area contributed by atoms with E-state index < -0.39 is 23.2 Å². The first-order valence-electron chi connectivity index (χ1n) is 9.13. The summed E-state index contributed by atoms with van der Waals surface area (Å²) in [7, 11) is 0. The first-order chi connectivity index (χ1) is 11.4. The Bertz CT molecular complexity index is 472. The summed E-state index contributed by atoms with van der Waals surface area (Å²) in [6.45, 7) is 8.19. The van der Waals surface area contributed by atoms with Gasteiger partial charge in [0.25, 0.3) is 0 Å². The first-order valence-corrected chi connectivity index (χ1v) is 9.13. The molecule has 1 aliphatic heterocycles. The molecule has 2 fully saturated rings. The number of nitrogens with one attached hydrogen (secondary N) is 1. The number of piperidine rings is 1. The highest BCUT2D eigenvalue weighted by Gasteiger charge is 2.63. The van der Waals surface area contributed by atoms with Crippen LogP contribution < -0.4 is 5.32 Å². The van der Waals surface area contributed by atoms with Gasteiger partial charge >= 0.3 is 6.18 Å². The lowest BCUT2D eigenvalue weighted by Crippen LogP contribution is -2.57. The van der Waals surface area contributed by atoms with Gasteiger partial charge in [0.05, 0.1) is 6.54 Å². The van der Waals surface area contributed by atoms with E-state index in [1.807, 2.05) is 0 Å². The van der Waals surface area contributed by atoms with Crippen molar-refractivity contribution in [3.05, 3.63) is 0 Å². The van der Waals surface area contributed by atoms with Gasteiger partial charge in [-0.1, -0.05) is 27.2 Å². The highest BCUT2D eigenvalue weighted by Crippen LogP contribution is 2.53. The van der Waals surface area contributed by atoms with E-state index in [4.69, 9.17) is 0 Å². The smallest absolute Gasteiger partial charge is 0.352 e. The van der Waals surface area contributed by atoms with Gasteiger partial charge in [0.1, 0.15) is 11.1 Å². The zero-order chi connectivity index (χ0) is 18.9. The number of rotatable bonds is 5. The molecule has 1 amide bonds. The average Bonchev–Trinajstić information content (AvgIpc) is 2.41. The van der Waals surface area contributed by atoms with Crippen LogP contribution in [0.1, 0.15) is 59.3 Å². The standard InChI is InChI=1S/C18H30F4N2O/c1-15(2,3)7-10-24-11-8-16(19,9-12-24)13-23-14(25)17(5-4-6-17)18(20,21)22/h4-13H2,1-3H3,(H,23,25). The van der Waals surface area contributed by atoms with Gasteiger partial charge in [-0.15, -0.1) is 0 Å². The topological polar surface area (TPSA) is 32.3 Å². The van der Waals surface area contributed by atoms with Gasteiger partial charge in [-0.25, -0.2) is 4.39 Å². The van der Waals surface area contributed by atoms with Gasteiger partial charge in [-0.2, -0.15) is 13.2 Å². The van der Waals surface area contributed by atoms with E-state index in [1.54, 1.807) is 0 Å². The van der Waals surface area contributed by atoms with Crippen LogP contribution in [-0.4, -0.2) is 48.8 Å². The normalized spacial score (nSPS) is 23.8. The monoisotopic (exact) mass is 366 g/mol. The van der Waals surface area contributed by atoms with Crippen molar-refractivity contribution in [3.63, 3.8) is 0 Å². The lowest BCUT2D eigenvalue weighted by Gasteiger charge is -2.42. The summed E-state index contributed by atoms with van der Waals surface area (Å²) in [6, 6.07) is 0. The van der Waals surface area contributed by atoms with E-state index in [-0.39, 0.29) is 37.6 Å². The molecular formula is C18H30F4N2O. The number of amides is 1. The van der Waals surface area contributed by atoms with Crippen LogP contribution in [0.25, 0.3) is 0 Å². The zero-order valence-electron chi connectivity index (χ0n) is 15.4. The molecule has 0 spiro atoms. The zero-order valence-corrected chi connectivity index (χ0v) is 15.4. The summed E-state index contributed by atoms with van der Waals surface area (Å²) in [5.41, 5.74) is -3.69. The molecule has 0 atom stereocenters. The summed E-state index contributed by atoms with van der Waals surface area (Å²) in [5.74, 6) is -1.06. The summed E-state index contributed by atoms with van der Waals surface area (Å²) < 4.78 is 54.3. The quantitative estimate of drug-likeness (QED) is 0.744. The Morgan fingerprint density at radius 3 is 2.04 bits per heavy atom.